The van der Waals surface area contributed by atoms with E-state index in [9.17, 15) is 14.7 Å². The van der Waals surface area contributed by atoms with Gasteiger partial charge in [-0.05, 0) is 25.5 Å². The Hall–Kier alpha value is -3.38. The molecule has 3 heterocycles. The largest absolute Gasteiger partial charge is 0.486 e. The molecule has 0 spiro atoms. The number of rotatable bonds is 5. The van der Waals surface area contributed by atoms with Gasteiger partial charge in [0.25, 0.3) is 0 Å². The summed E-state index contributed by atoms with van der Waals surface area (Å²) in [6, 6.07) is 4.65. The van der Waals surface area contributed by atoms with Gasteiger partial charge in [-0.2, -0.15) is 0 Å². The number of fused-ring (bicyclic) bond motifs is 2. The van der Waals surface area contributed by atoms with Crippen molar-refractivity contribution >= 4 is 17.6 Å². The van der Waals surface area contributed by atoms with Crippen LogP contribution >= 0.6 is 0 Å². The van der Waals surface area contributed by atoms with Gasteiger partial charge >= 0.3 is 6.03 Å². The van der Waals surface area contributed by atoms with E-state index >= 15 is 0 Å². The lowest BCUT2D eigenvalue weighted by Crippen LogP contribution is -2.48. The van der Waals surface area contributed by atoms with Crippen LogP contribution in [0.3, 0.4) is 0 Å². The fraction of sp³-hybridized carbons (Fsp3) is 0.600. The Morgan fingerprint density at radius 3 is 2.86 bits per heavy atom. The Bertz CT molecular complexity index is 1080. The zero-order chi connectivity index (χ0) is 26.4. The Balaban J connectivity index is 1.47. The van der Waals surface area contributed by atoms with Crippen LogP contribution in [0.2, 0.25) is 0 Å². The number of urea groups is 1. The molecule has 2 aromatic rings. The summed E-state index contributed by atoms with van der Waals surface area (Å²) in [4.78, 5) is 29.3. The van der Waals surface area contributed by atoms with Gasteiger partial charge < -0.3 is 34.4 Å². The molecule has 3 amide bonds. The van der Waals surface area contributed by atoms with E-state index in [2.05, 4.69) is 15.6 Å². The average Bonchev–Trinajstić information content (AvgIpc) is 3.35. The number of aryl methyl sites for hydroxylation is 1. The maximum atomic E-state index is 13.0. The lowest BCUT2D eigenvalue weighted by Gasteiger charge is -2.35. The number of amides is 3. The highest BCUT2D eigenvalue weighted by Gasteiger charge is 2.29. The molecule has 2 N–H and O–H groups in total. The molecule has 3 atom stereocenters. The summed E-state index contributed by atoms with van der Waals surface area (Å²) in [6.07, 6.45) is 2.23. The van der Waals surface area contributed by atoms with Crippen molar-refractivity contribution in [2.45, 2.75) is 52.0 Å². The second-order valence-electron chi connectivity index (χ2n) is 9.63. The number of aliphatic hydroxyl groups is 1. The number of ether oxygens (including phenoxy) is 3. The molecule has 0 radical (unpaired) electrons. The summed E-state index contributed by atoms with van der Waals surface area (Å²) in [5.41, 5.74) is 1.41. The lowest BCUT2D eigenvalue weighted by molar-refractivity contribution is -0.136. The van der Waals surface area contributed by atoms with E-state index < -0.39 is 0 Å². The molecule has 2 aliphatic rings. The Kier molecular flexibility index (Phi) is 8.82. The number of aromatic nitrogens is 3. The molecule has 0 saturated carbocycles. The third-order valence-electron chi connectivity index (χ3n) is 6.73. The lowest BCUT2D eigenvalue weighted by atomic mass is 10.0. The minimum Gasteiger partial charge on any atom is -0.486 e. The number of carbonyl (C=O) groups excluding carboxylic acids is 2. The zero-order valence-electron chi connectivity index (χ0n) is 21.6. The standard InChI is InChI=1S/C25H36N6O6/c1-17-13-30(18(2)15-32)24(33)5-4-8-31-20(12-26-28-31)16-37-23(17)14-29(3)25(34)27-19-6-7-21-22(11-19)36-10-9-35-21/h6-7,11-12,17-18,23,32H,4-5,8-10,13-16H2,1-3H3,(H,27,34)/t17-,18+,23-/m0/s1. The number of nitrogens with zero attached hydrogens (tertiary/aromatic N) is 5. The Morgan fingerprint density at radius 2 is 2.08 bits per heavy atom. The summed E-state index contributed by atoms with van der Waals surface area (Å²) in [7, 11) is 1.70. The fourth-order valence-corrected chi connectivity index (χ4v) is 4.44. The molecule has 1 aromatic carbocycles. The Morgan fingerprint density at radius 1 is 1.30 bits per heavy atom. The normalized spacial score (nSPS) is 21.3. The van der Waals surface area contributed by atoms with Crippen molar-refractivity contribution in [1.29, 1.82) is 0 Å². The first-order chi connectivity index (χ1) is 17.9. The molecule has 0 unspecified atom stereocenters. The monoisotopic (exact) mass is 516 g/mol. The smallest absolute Gasteiger partial charge is 0.321 e. The van der Waals surface area contributed by atoms with Crippen molar-refractivity contribution in [2.24, 2.45) is 5.92 Å². The van der Waals surface area contributed by atoms with Crippen molar-refractivity contribution < 1.29 is 28.9 Å². The number of hydrogen-bond acceptors (Lipinski definition) is 8. The van der Waals surface area contributed by atoms with E-state index in [-0.39, 0.29) is 49.8 Å². The van der Waals surface area contributed by atoms with Crippen molar-refractivity contribution in [3.05, 3.63) is 30.1 Å². The van der Waals surface area contributed by atoms with Gasteiger partial charge in [-0.1, -0.05) is 12.1 Å². The molecule has 0 aliphatic carbocycles. The molecule has 12 heteroatoms. The first-order valence-corrected chi connectivity index (χ1v) is 12.7. The van der Waals surface area contributed by atoms with E-state index in [1.807, 2.05) is 13.8 Å². The maximum Gasteiger partial charge on any atom is 0.321 e. The van der Waals surface area contributed by atoms with Gasteiger partial charge in [0.15, 0.2) is 11.5 Å². The minimum atomic E-state index is -0.389. The van der Waals surface area contributed by atoms with Gasteiger partial charge in [0, 0.05) is 50.8 Å². The third-order valence-corrected chi connectivity index (χ3v) is 6.73. The molecule has 12 nitrogen and oxygen atoms in total. The minimum absolute atomic E-state index is 0.0286. The van der Waals surface area contributed by atoms with E-state index in [1.54, 1.807) is 45.9 Å². The van der Waals surface area contributed by atoms with Gasteiger partial charge in [0.1, 0.15) is 13.2 Å². The van der Waals surface area contributed by atoms with Crippen LogP contribution in [-0.2, 0) is 22.7 Å². The molecule has 2 aliphatic heterocycles. The van der Waals surface area contributed by atoms with E-state index in [0.29, 0.717) is 56.3 Å². The van der Waals surface area contributed by atoms with Crippen LogP contribution in [0.15, 0.2) is 24.4 Å². The second kappa shape index (κ2) is 12.2. The highest BCUT2D eigenvalue weighted by Crippen LogP contribution is 2.32. The van der Waals surface area contributed by atoms with E-state index in [4.69, 9.17) is 14.2 Å². The summed E-state index contributed by atoms with van der Waals surface area (Å²) < 4.78 is 19.2. The van der Waals surface area contributed by atoms with Crippen molar-refractivity contribution in [1.82, 2.24) is 24.8 Å². The van der Waals surface area contributed by atoms with Gasteiger partial charge in [-0.25, -0.2) is 9.48 Å². The van der Waals surface area contributed by atoms with Crippen molar-refractivity contribution in [2.75, 3.05) is 45.3 Å². The predicted octanol–water partition coefficient (Wildman–Crippen LogP) is 1.74. The van der Waals surface area contributed by atoms with Crippen LogP contribution in [-0.4, -0.2) is 93.9 Å². The first kappa shape index (κ1) is 26.7. The maximum absolute atomic E-state index is 13.0. The first-order valence-electron chi connectivity index (χ1n) is 12.7. The summed E-state index contributed by atoms with van der Waals surface area (Å²) in [5, 5.41) is 20.8. The van der Waals surface area contributed by atoms with E-state index in [1.165, 1.54) is 0 Å². The number of benzene rings is 1. The topological polar surface area (TPSA) is 131 Å². The van der Waals surface area contributed by atoms with Crippen molar-refractivity contribution in [3.8, 4) is 11.5 Å². The second-order valence-corrected chi connectivity index (χ2v) is 9.63. The molecular weight excluding hydrogens is 480 g/mol. The molecule has 202 valence electrons. The number of anilines is 1. The van der Waals surface area contributed by atoms with E-state index in [0.717, 1.165) is 5.69 Å². The molecule has 1 aromatic heterocycles. The molecule has 4 rings (SSSR count). The molecule has 37 heavy (non-hydrogen) atoms. The predicted molar refractivity (Wildman–Crippen MR) is 134 cm³/mol. The number of carbonyl (C=O) groups is 2. The SMILES string of the molecule is C[C@H](CO)N1C[C@H](C)[C@H](CN(C)C(=O)Nc2ccc3c(c2)OCCO3)OCc2cnnn2CCCC1=O. The van der Waals surface area contributed by atoms with Crippen LogP contribution in [0, 0.1) is 5.92 Å². The zero-order valence-corrected chi connectivity index (χ0v) is 21.6. The van der Waals surface area contributed by atoms with Gasteiger partial charge in [0.05, 0.1) is 37.3 Å². The Labute approximate surface area is 216 Å². The van der Waals surface area contributed by atoms with Crippen LogP contribution in [0.25, 0.3) is 0 Å². The number of likely N-dealkylation sites (N-methyl/N-ethyl adjacent to an activating group) is 1. The van der Waals surface area contributed by atoms with Crippen LogP contribution < -0.4 is 14.8 Å². The van der Waals surface area contributed by atoms with Gasteiger partial charge in [-0.15, -0.1) is 5.10 Å². The van der Waals surface area contributed by atoms with Crippen LogP contribution in [0.4, 0.5) is 10.5 Å². The third kappa shape index (κ3) is 6.69. The van der Waals surface area contributed by atoms with Crippen LogP contribution in [0.5, 0.6) is 11.5 Å². The molecule has 0 fully saturated rings. The number of aliphatic hydroxyl groups excluding tert-OH is 1. The van der Waals surface area contributed by atoms with Gasteiger partial charge in [-0.3, -0.25) is 4.79 Å². The highest BCUT2D eigenvalue weighted by molar-refractivity contribution is 5.89. The summed E-state index contributed by atoms with van der Waals surface area (Å²) in [6.45, 7) is 6.16. The highest BCUT2D eigenvalue weighted by atomic mass is 16.6. The van der Waals surface area contributed by atoms with Crippen molar-refractivity contribution in [3.63, 3.8) is 0 Å². The number of nitrogens with one attached hydrogen (secondary N) is 1. The fourth-order valence-electron chi connectivity index (χ4n) is 4.44. The van der Waals surface area contributed by atoms with Crippen LogP contribution in [0.1, 0.15) is 32.4 Å². The molecular formula is C25H36N6O6. The van der Waals surface area contributed by atoms with Gasteiger partial charge in [0.2, 0.25) is 5.91 Å². The average molecular weight is 517 g/mol. The molecule has 0 saturated heterocycles. The summed E-state index contributed by atoms with van der Waals surface area (Å²) >= 11 is 0. The number of hydrogen-bond donors (Lipinski definition) is 2. The summed E-state index contributed by atoms with van der Waals surface area (Å²) in [5.74, 6) is 1.10. The molecule has 0 bridgehead atoms. The quantitative estimate of drug-likeness (QED) is 0.614.